The smallest absolute Gasteiger partial charge is 0.220 e. The number of carbonyl (C=O) groups is 1. The highest BCUT2D eigenvalue weighted by Gasteiger charge is 2.05. The molecule has 2 aromatic rings. The molecular formula is C17H15ClN2O. The molecule has 3 nitrogen and oxygen atoms in total. The largest absolute Gasteiger partial charge is 0.352 e. The topological polar surface area (TPSA) is 52.9 Å². The van der Waals surface area contributed by atoms with Gasteiger partial charge in [0.2, 0.25) is 5.91 Å². The molecule has 106 valence electrons. The van der Waals surface area contributed by atoms with E-state index >= 15 is 0 Å². The van der Waals surface area contributed by atoms with Crippen LogP contribution in [0.25, 0.3) is 0 Å². The van der Waals surface area contributed by atoms with Gasteiger partial charge in [-0.2, -0.15) is 5.26 Å². The van der Waals surface area contributed by atoms with Crippen LogP contribution in [0.5, 0.6) is 0 Å². The maximum absolute atomic E-state index is 11.8. The van der Waals surface area contributed by atoms with Gasteiger partial charge in [0.1, 0.15) is 0 Å². The zero-order valence-electron chi connectivity index (χ0n) is 11.5. The Bertz CT molecular complexity index is 676. The Morgan fingerprint density at radius 2 is 2.00 bits per heavy atom. The van der Waals surface area contributed by atoms with Crippen LogP contribution < -0.4 is 5.32 Å². The molecule has 0 aliphatic heterocycles. The Kier molecular flexibility index (Phi) is 5.36. The number of nitriles is 1. The molecule has 0 atom stereocenters. The molecule has 21 heavy (non-hydrogen) atoms. The first-order chi connectivity index (χ1) is 10.2. The van der Waals surface area contributed by atoms with Crippen LogP contribution in [0.4, 0.5) is 0 Å². The van der Waals surface area contributed by atoms with Crippen molar-refractivity contribution in [3.63, 3.8) is 0 Å². The van der Waals surface area contributed by atoms with Gasteiger partial charge in [-0.1, -0.05) is 41.9 Å². The van der Waals surface area contributed by atoms with Crippen molar-refractivity contribution in [3.8, 4) is 6.07 Å². The summed E-state index contributed by atoms with van der Waals surface area (Å²) < 4.78 is 0. The number of nitrogens with one attached hydrogen (secondary N) is 1. The van der Waals surface area contributed by atoms with E-state index in [-0.39, 0.29) is 5.91 Å². The van der Waals surface area contributed by atoms with Crippen LogP contribution >= 0.6 is 11.6 Å². The van der Waals surface area contributed by atoms with Gasteiger partial charge < -0.3 is 5.32 Å². The molecule has 2 aromatic carbocycles. The van der Waals surface area contributed by atoms with Crippen LogP contribution in [0.3, 0.4) is 0 Å². The van der Waals surface area contributed by atoms with Crippen LogP contribution in [0.15, 0.2) is 48.5 Å². The highest BCUT2D eigenvalue weighted by Crippen LogP contribution is 2.16. The molecule has 1 N–H and O–H groups in total. The van der Waals surface area contributed by atoms with Crippen molar-refractivity contribution in [1.82, 2.24) is 5.32 Å². The predicted octanol–water partition coefficient (Wildman–Crippen LogP) is 3.46. The molecule has 0 unspecified atom stereocenters. The van der Waals surface area contributed by atoms with E-state index in [1.807, 2.05) is 36.4 Å². The molecule has 0 saturated heterocycles. The normalized spacial score (nSPS) is 9.90. The lowest BCUT2D eigenvalue weighted by Gasteiger charge is -2.07. The van der Waals surface area contributed by atoms with Gasteiger partial charge in [0.05, 0.1) is 11.6 Å². The van der Waals surface area contributed by atoms with Crippen LogP contribution in [-0.2, 0) is 17.8 Å². The second-order valence-electron chi connectivity index (χ2n) is 4.68. The van der Waals surface area contributed by atoms with E-state index < -0.39 is 0 Å². The molecule has 0 aromatic heterocycles. The van der Waals surface area contributed by atoms with Crippen molar-refractivity contribution >= 4 is 17.5 Å². The number of hydrogen-bond acceptors (Lipinski definition) is 2. The summed E-state index contributed by atoms with van der Waals surface area (Å²) in [4.78, 5) is 11.8. The van der Waals surface area contributed by atoms with E-state index in [4.69, 9.17) is 16.9 Å². The van der Waals surface area contributed by atoms with Crippen molar-refractivity contribution in [2.45, 2.75) is 19.4 Å². The fraction of sp³-hybridized carbons (Fsp3) is 0.176. The fourth-order valence-corrected chi connectivity index (χ4v) is 2.22. The minimum atomic E-state index is -0.0303. The molecule has 0 saturated carbocycles. The van der Waals surface area contributed by atoms with Crippen molar-refractivity contribution in [3.05, 3.63) is 70.2 Å². The predicted molar refractivity (Wildman–Crippen MR) is 82.8 cm³/mol. The summed E-state index contributed by atoms with van der Waals surface area (Å²) in [6.45, 7) is 0.427. The summed E-state index contributed by atoms with van der Waals surface area (Å²) in [6.07, 6.45) is 1.01. The summed E-state index contributed by atoms with van der Waals surface area (Å²) >= 11 is 6.05. The number of halogens is 1. The van der Waals surface area contributed by atoms with Crippen molar-refractivity contribution in [2.24, 2.45) is 0 Å². The van der Waals surface area contributed by atoms with E-state index in [0.717, 1.165) is 11.1 Å². The lowest BCUT2D eigenvalue weighted by atomic mass is 10.1. The van der Waals surface area contributed by atoms with Gasteiger partial charge in [0.15, 0.2) is 0 Å². The molecule has 1 amide bonds. The van der Waals surface area contributed by atoms with Gasteiger partial charge >= 0.3 is 0 Å². The van der Waals surface area contributed by atoms with Crippen LogP contribution in [-0.4, -0.2) is 5.91 Å². The monoisotopic (exact) mass is 298 g/mol. The first kappa shape index (κ1) is 15.1. The van der Waals surface area contributed by atoms with Gasteiger partial charge in [-0.15, -0.1) is 0 Å². The Labute approximate surface area is 129 Å². The van der Waals surface area contributed by atoms with E-state index in [1.165, 1.54) is 0 Å². The lowest BCUT2D eigenvalue weighted by molar-refractivity contribution is -0.121. The molecule has 0 bridgehead atoms. The standard InChI is InChI=1S/C17H15ClN2O/c18-16-7-2-1-6-15(16)8-9-17(21)20-12-14-5-3-4-13(10-14)11-19/h1-7,10H,8-9,12H2,(H,20,21). The SMILES string of the molecule is N#Cc1cccc(CNC(=O)CCc2ccccc2Cl)c1. The van der Waals surface area contributed by atoms with Gasteiger partial charge in [-0.25, -0.2) is 0 Å². The van der Waals surface area contributed by atoms with E-state index in [9.17, 15) is 4.79 Å². The number of amides is 1. The zero-order chi connectivity index (χ0) is 15.1. The molecule has 0 heterocycles. The van der Waals surface area contributed by atoms with Gasteiger partial charge in [-0.3, -0.25) is 4.79 Å². The van der Waals surface area contributed by atoms with Crippen molar-refractivity contribution in [2.75, 3.05) is 0 Å². The number of nitrogens with zero attached hydrogens (tertiary/aromatic N) is 1. The van der Waals surface area contributed by atoms with Crippen molar-refractivity contribution in [1.29, 1.82) is 5.26 Å². The van der Waals surface area contributed by atoms with Crippen molar-refractivity contribution < 1.29 is 4.79 Å². The quantitative estimate of drug-likeness (QED) is 0.919. The second kappa shape index (κ2) is 7.47. The number of aryl methyl sites for hydroxylation is 1. The maximum Gasteiger partial charge on any atom is 0.220 e. The third-order valence-electron chi connectivity index (χ3n) is 3.13. The summed E-state index contributed by atoms with van der Waals surface area (Å²) in [6, 6.07) is 16.8. The van der Waals surface area contributed by atoms with E-state index in [1.54, 1.807) is 12.1 Å². The molecule has 0 spiro atoms. The van der Waals surface area contributed by atoms with Gasteiger partial charge in [-0.05, 0) is 35.7 Å². The van der Waals surface area contributed by atoms with Crippen LogP contribution in [0, 0.1) is 11.3 Å². The molecule has 4 heteroatoms. The minimum absolute atomic E-state index is 0.0303. The van der Waals surface area contributed by atoms with E-state index in [2.05, 4.69) is 11.4 Å². The van der Waals surface area contributed by atoms with E-state index in [0.29, 0.717) is 30.0 Å². The highest BCUT2D eigenvalue weighted by molar-refractivity contribution is 6.31. The average molecular weight is 299 g/mol. The van der Waals surface area contributed by atoms with Crippen LogP contribution in [0.1, 0.15) is 23.1 Å². The summed E-state index contributed by atoms with van der Waals surface area (Å²) in [7, 11) is 0. The summed E-state index contributed by atoms with van der Waals surface area (Å²) in [5.41, 5.74) is 2.48. The molecule has 0 fully saturated rings. The molecular weight excluding hydrogens is 284 g/mol. The third-order valence-corrected chi connectivity index (χ3v) is 3.49. The Hall–Kier alpha value is -2.31. The molecule has 0 aliphatic rings. The third kappa shape index (κ3) is 4.62. The Morgan fingerprint density at radius 3 is 2.76 bits per heavy atom. The molecule has 0 radical (unpaired) electrons. The average Bonchev–Trinajstić information content (AvgIpc) is 2.52. The fourth-order valence-electron chi connectivity index (χ4n) is 1.99. The first-order valence-corrected chi connectivity index (χ1v) is 7.06. The van der Waals surface area contributed by atoms with Crippen LogP contribution in [0.2, 0.25) is 5.02 Å². The minimum Gasteiger partial charge on any atom is -0.352 e. The number of rotatable bonds is 5. The zero-order valence-corrected chi connectivity index (χ0v) is 12.2. The van der Waals surface area contributed by atoms with Gasteiger partial charge in [0.25, 0.3) is 0 Å². The number of hydrogen-bond donors (Lipinski definition) is 1. The number of carbonyl (C=O) groups excluding carboxylic acids is 1. The number of benzene rings is 2. The van der Waals surface area contributed by atoms with Gasteiger partial charge in [0, 0.05) is 18.0 Å². The maximum atomic E-state index is 11.8. The molecule has 2 rings (SSSR count). The molecule has 0 aliphatic carbocycles. The Balaban J connectivity index is 1.82. The summed E-state index contributed by atoms with van der Waals surface area (Å²) in [5.74, 6) is -0.0303. The highest BCUT2D eigenvalue weighted by atomic mass is 35.5. The summed E-state index contributed by atoms with van der Waals surface area (Å²) in [5, 5.41) is 12.4. The first-order valence-electron chi connectivity index (χ1n) is 6.68. The second-order valence-corrected chi connectivity index (χ2v) is 5.09. The lowest BCUT2D eigenvalue weighted by Crippen LogP contribution is -2.23. The Morgan fingerprint density at radius 1 is 1.19 bits per heavy atom.